The van der Waals surface area contributed by atoms with Gasteiger partial charge in [0.1, 0.15) is 5.69 Å². The summed E-state index contributed by atoms with van der Waals surface area (Å²) in [6.07, 6.45) is 0. The van der Waals surface area contributed by atoms with E-state index in [-0.39, 0.29) is 5.69 Å². The Balaban J connectivity index is 2.41. The van der Waals surface area contributed by atoms with Crippen molar-refractivity contribution in [3.05, 3.63) is 41.0 Å². The van der Waals surface area contributed by atoms with E-state index in [0.29, 0.717) is 23.0 Å². The first-order chi connectivity index (χ1) is 8.63. The Kier molecular flexibility index (Phi) is 3.58. The molecule has 0 amide bonds. The van der Waals surface area contributed by atoms with Crippen LogP contribution in [0.4, 0.5) is 5.69 Å². The summed E-state index contributed by atoms with van der Waals surface area (Å²) in [6.45, 7) is 2.05. The number of hydrogen-bond donors (Lipinski definition) is 2. The van der Waals surface area contributed by atoms with Gasteiger partial charge in [-0.1, -0.05) is 29.8 Å². The Hall–Kier alpha value is -1.94. The van der Waals surface area contributed by atoms with Crippen molar-refractivity contribution in [1.82, 2.24) is 4.98 Å². The van der Waals surface area contributed by atoms with Gasteiger partial charge in [-0.3, -0.25) is 0 Å². The number of aromatic nitrogens is 1. The molecule has 0 fully saturated rings. The molecule has 2 rings (SSSR count). The van der Waals surface area contributed by atoms with Crippen LogP contribution in [0.1, 0.15) is 17.4 Å². The van der Waals surface area contributed by atoms with Crippen LogP contribution in [0.15, 0.2) is 30.3 Å². The molecule has 0 saturated carbocycles. The monoisotopic (exact) mass is 264 g/mol. The van der Waals surface area contributed by atoms with Gasteiger partial charge in [0.05, 0.1) is 12.3 Å². The summed E-state index contributed by atoms with van der Waals surface area (Å²) in [5, 5.41) is 0.592. The number of anilines is 1. The maximum absolute atomic E-state index is 11.6. The molecule has 1 heterocycles. The fraction of sp³-hybridized carbons (Fsp3) is 0.154. The van der Waals surface area contributed by atoms with Crippen LogP contribution < -0.4 is 5.73 Å². The standard InChI is InChI=1S/C13H13ClN2O2/c1-2-18-13(17)12-10(15)7-11(16-12)8-5-3-4-6-9(8)14/h3-7,16H,2,15H2,1H3. The van der Waals surface area contributed by atoms with Gasteiger partial charge in [-0.15, -0.1) is 0 Å². The van der Waals surface area contributed by atoms with Gasteiger partial charge in [0, 0.05) is 16.3 Å². The SMILES string of the molecule is CCOC(=O)c1[nH]c(-c2ccccc2Cl)cc1N. The summed E-state index contributed by atoms with van der Waals surface area (Å²) >= 11 is 6.08. The van der Waals surface area contributed by atoms with Crippen LogP contribution >= 0.6 is 11.6 Å². The lowest BCUT2D eigenvalue weighted by Crippen LogP contribution is -2.07. The summed E-state index contributed by atoms with van der Waals surface area (Å²) in [6, 6.07) is 9.00. The van der Waals surface area contributed by atoms with Gasteiger partial charge in [-0.2, -0.15) is 0 Å². The quantitative estimate of drug-likeness (QED) is 0.837. The molecular weight excluding hydrogens is 252 g/mol. The fourth-order valence-electron chi connectivity index (χ4n) is 1.67. The Morgan fingerprint density at radius 1 is 1.44 bits per heavy atom. The molecule has 1 aromatic heterocycles. The first-order valence-electron chi connectivity index (χ1n) is 5.54. The van der Waals surface area contributed by atoms with Crippen molar-refractivity contribution >= 4 is 23.3 Å². The van der Waals surface area contributed by atoms with E-state index < -0.39 is 5.97 Å². The first kappa shape index (κ1) is 12.5. The minimum Gasteiger partial charge on any atom is -0.461 e. The molecule has 1 aromatic carbocycles. The lowest BCUT2D eigenvalue weighted by Gasteiger charge is -2.01. The van der Waals surface area contributed by atoms with E-state index in [2.05, 4.69) is 4.98 Å². The maximum atomic E-state index is 11.6. The molecule has 3 N–H and O–H groups in total. The molecule has 4 nitrogen and oxygen atoms in total. The number of hydrogen-bond acceptors (Lipinski definition) is 3. The van der Waals surface area contributed by atoms with Crippen molar-refractivity contribution < 1.29 is 9.53 Å². The van der Waals surface area contributed by atoms with Crippen molar-refractivity contribution in [1.29, 1.82) is 0 Å². The largest absolute Gasteiger partial charge is 0.461 e. The zero-order chi connectivity index (χ0) is 13.1. The average molecular weight is 265 g/mol. The van der Waals surface area contributed by atoms with E-state index >= 15 is 0 Å². The highest BCUT2D eigenvalue weighted by Crippen LogP contribution is 2.29. The van der Waals surface area contributed by atoms with Gasteiger partial charge in [0.15, 0.2) is 0 Å². The summed E-state index contributed by atoms with van der Waals surface area (Å²) in [5.41, 5.74) is 7.88. The van der Waals surface area contributed by atoms with Gasteiger partial charge < -0.3 is 15.5 Å². The molecule has 94 valence electrons. The minimum absolute atomic E-state index is 0.256. The number of esters is 1. The molecule has 0 atom stereocenters. The smallest absolute Gasteiger partial charge is 0.356 e. The minimum atomic E-state index is -0.465. The zero-order valence-electron chi connectivity index (χ0n) is 9.87. The van der Waals surface area contributed by atoms with Crippen LogP contribution in [0.25, 0.3) is 11.3 Å². The third-order valence-corrected chi connectivity index (χ3v) is 2.82. The average Bonchev–Trinajstić information content (AvgIpc) is 2.72. The number of H-pyrrole nitrogens is 1. The highest BCUT2D eigenvalue weighted by atomic mass is 35.5. The summed E-state index contributed by atoms with van der Waals surface area (Å²) < 4.78 is 4.91. The number of carbonyl (C=O) groups is 1. The van der Waals surface area contributed by atoms with Crippen LogP contribution in [-0.2, 0) is 4.74 Å². The van der Waals surface area contributed by atoms with Crippen molar-refractivity contribution in [2.45, 2.75) is 6.92 Å². The van der Waals surface area contributed by atoms with Crippen LogP contribution in [0.3, 0.4) is 0 Å². The van der Waals surface area contributed by atoms with Gasteiger partial charge >= 0.3 is 5.97 Å². The van der Waals surface area contributed by atoms with E-state index in [4.69, 9.17) is 22.1 Å². The van der Waals surface area contributed by atoms with Crippen LogP contribution in [0, 0.1) is 0 Å². The highest BCUT2D eigenvalue weighted by molar-refractivity contribution is 6.33. The van der Waals surface area contributed by atoms with Crippen molar-refractivity contribution in [2.24, 2.45) is 0 Å². The lowest BCUT2D eigenvalue weighted by molar-refractivity contribution is 0.0521. The molecule has 0 radical (unpaired) electrons. The lowest BCUT2D eigenvalue weighted by atomic mass is 10.1. The number of nitrogens with two attached hydrogens (primary N) is 1. The Labute approximate surface area is 110 Å². The van der Waals surface area contributed by atoms with Gasteiger partial charge in [0.25, 0.3) is 0 Å². The van der Waals surface area contributed by atoms with Crippen LogP contribution in [0.5, 0.6) is 0 Å². The Morgan fingerprint density at radius 3 is 2.83 bits per heavy atom. The van der Waals surface area contributed by atoms with Crippen LogP contribution in [0.2, 0.25) is 5.02 Å². The molecule has 0 unspecified atom stereocenters. The first-order valence-corrected chi connectivity index (χ1v) is 5.91. The summed E-state index contributed by atoms with van der Waals surface area (Å²) in [5.74, 6) is -0.465. The Bertz CT molecular complexity index is 578. The molecule has 0 aliphatic rings. The highest BCUT2D eigenvalue weighted by Gasteiger charge is 2.16. The maximum Gasteiger partial charge on any atom is 0.356 e. The second-order valence-corrected chi connectivity index (χ2v) is 4.12. The van der Waals surface area contributed by atoms with Gasteiger partial charge in [-0.05, 0) is 19.1 Å². The molecule has 0 bridgehead atoms. The van der Waals surface area contributed by atoms with E-state index in [1.54, 1.807) is 19.1 Å². The third kappa shape index (κ3) is 2.33. The Morgan fingerprint density at radius 2 is 2.17 bits per heavy atom. The normalized spacial score (nSPS) is 10.3. The molecule has 18 heavy (non-hydrogen) atoms. The number of ether oxygens (including phenoxy) is 1. The number of rotatable bonds is 3. The molecule has 0 aliphatic carbocycles. The molecular formula is C13H13ClN2O2. The zero-order valence-corrected chi connectivity index (χ0v) is 10.6. The van der Waals surface area contributed by atoms with E-state index in [1.807, 2.05) is 18.2 Å². The number of halogens is 1. The van der Waals surface area contributed by atoms with Crippen LogP contribution in [-0.4, -0.2) is 17.6 Å². The second-order valence-electron chi connectivity index (χ2n) is 3.71. The van der Waals surface area contributed by atoms with Gasteiger partial charge in [-0.25, -0.2) is 4.79 Å². The molecule has 0 saturated heterocycles. The second kappa shape index (κ2) is 5.14. The molecule has 2 aromatic rings. The number of nitrogen functional groups attached to an aromatic ring is 1. The van der Waals surface area contributed by atoms with Crippen molar-refractivity contribution in [3.63, 3.8) is 0 Å². The third-order valence-electron chi connectivity index (χ3n) is 2.49. The topological polar surface area (TPSA) is 68.1 Å². The number of nitrogens with one attached hydrogen (secondary N) is 1. The summed E-state index contributed by atoms with van der Waals surface area (Å²) in [7, 11) is 0. The number of aromatic amines is 1. The fourth-order valence-corrected chi connectivity index (χ4v) is 1.90. The van der Waals surface area contributed by atoms with E-state index in [0.717, 1.165) is 5.56 Å². The van der Waals surface area contributed by atoms with Crippen molar-refractivity contribution in [3.8, 4) is 11.3 Å². The molecule has 0 aliphatic heterocycles. The number of benzene rings is 1. The molecule has 0 spiro atoms. The van der Waals surface area contributed by atoms with Gasteiger partial charge in [0.2, 0.25) is 0 Å². The summed E-state index contributed by atoms with van der Waals surface area (Å²) in [4.78, 5) is 14.6. The molecule has 5 heteroatoms. The van der Waals surface area contributed by atoms with E-state index in [1.165, 1.54) is 0 Å². The predicted octanol–water partition coefficient (Wildman–Crippen LogP) is 3.09. The number of carbonyl (C=O) groups excluding carboxylic acids is 1. The van der Waals surface area contributed by atoms with E-state index in [9.17, 15) is 4.79 Å². The van der Waals surface area contributed by atoms with Crippen molar-refractivity contribution in [2.75, 3.05) is 12.3 Å². The predicted molar refractivity (Wildman–Crippen MR) is 71.6 cm³/mol.